The molecule has 0 atom stereocenters. The van der Waals surface area contributed by atoms with E-state index in [2.05, 4.69) is 70.2 Å². The number of hydrogen-bond acceptors (Lipinski definition) is 3. The van der Waals surface area contributed by atoms with Gasteiger partial charge >= 0.3 is 0 Å². The van der Waals surface area contributed by atoms with Gasteiger partial charge in [-0.05, 0) is 55.5 Å². The van der Waals surface area contributed by atoms with Gasteiger partial charge in [-0.1, -0.05) is 60.2 Å². The molecule has 0 spiro atoms. The Balaban J connectivity index is 1.64. The summed E-state index contributed by atoms with van der Waals surface area (Å²) in [6.07, 6.45) is 4.44. The van der Waals surface area contributed by atoms with E-state index in [9.17, 15) is 0 Å². The smallest absolute Gasteiger partial charge is 0.128 e. The molecule has 2 N–H and O–H groups in total. The minimum Gasteiger partial charge on any atom is -0.370 e. The first-order valence-corrected chi connectivity index (χ1v) is 9.75. The molecule has 3 nitrogen and oxygen atoms in total. The Hall–Kier alpha value is -2.39. The first-order valence-electron chi connectivity index (χ1n) is 9.75. The highest BCUT2D eigenvalue weighted by Gasteiger charge is 2.14. The van der Waals surface area contributed by atoms with Crippen molar-refractivity contribution in [2.24, 2.45) is 4.99 Å². The third-order valence-corrected chi connectivity index (χ3v) is 5.26. The average molecular weight is 345 g/mol. The lowest BCUT2D eigenvalue weighted by Crippen LogP contribution is -2.30. The van der Waals surface area contributed by atoms with E-state index in [-0.39, 0.29) is 0 Å². The molecular formula is C23H27N3. The van der Waals surface area contributed by atoms with Crippen molar-refractivity contribution >= 4 is 11.4 Å². The molecule has 0 aliphatic carbocycles. The molecule has 26 heavy (non-hydrogen) atoms. The summed E-state index contributed by atoms with van der Waals surface area (Å²) < 4.78 is 0. The van der Waals surface area contributed by atoms with Gasteiger partial charge in [-0.15, -0.1) is 0 Å². The minimum absolute atomic E-state index is 0.931. The van der Waals surface area contributed by atoms with E-state index in [0.29, 0.717) is 0 Å². The van der Waals surface area contributed by atoms with Crippen LogP contribution in [0.15, 0.2) is 65.2 Å². The summed E-state index contributed by atoms with van der Waals surface area (Å²) in [6.45, 7) is 4.14. The van der Waals surface area contributed by atoms with E-state index in [1.807, 2.05) is 0 Å². The van der Waals surface area contributed by atoms with Crippen LogP contribution in [0.2, 0.25) is 0 Å². The van der Waals surface area contributed by atoms with Gasteiger partial charge in [0.1, 0.15) is 5.84 Å². The van der Waals surface area contributed by atoms with Crippen LogP contribution in [0.25, 0.3) is 5.57 Å². The maximum Gasteiger partial charge on any atom is 0.128 e. The maximum atomic E-state index is 4.62. The van der Waals surface area contributed by atoms with Gasteiger partial charge in [-0.3, -0.25) is 4.99 Å². The fourth-order valence-corrected chi connectivity index (χ4v) is 3.82. The third kappa shape index (κ3) is 4.05. The summed E-state index contributed by atoms with van der Waals surface area (Å²) in [4.78, 5) is 4.62. The summed E-state index contributed by atoms with van der Waals surface area (Å²) in [5.41, 5.74) is 7.04. The standard InChI is InChI=1S/C23H27N3/c1-2-5-18(6-3-1)17-22(20-11-15-24-16-12-20)19-7-9-21(10-8-19)23-25-13-4-14-26-23/h1-3,5-10,24H,4,11-17H2,(H,25,26). The summed E-state index contributed by atoms with van der Waals surface area (Å²) in [5.74, 6) is 1.04. The molecule has 4 rings (SSSR count). The Bertz CT molecular complexity index is 780. The fourth-order valence-electron chi connectivity index (χ4n) is 3.82. The molecule has 2 aliphatic rings. The van der Waals surface area contributed by atoms with Crippen molar-refractivity contribution in [3.63, 3.8) is 0 Å². The van der Waals surface area contributed by atoms with Crippen molar-refractivity contribution in [1.82, 2.24) is 10.6 Å². The lowest BCUT2D eigenvalue weighted by Gasteiger charge is -2.21. The molecule has 0 unspecified atom stereocenters. The predicted octanol–water partition coefficient (Wildman–Crippen LogP) is 3.81. The van der Waals surface area contributed by atoms with Gasteiger partial charge in [-0.25, -0.2) is 0 Å². The molecule has 2 aromatic rings. The molecule has 0 amide bonds. The second kappa shape index (κ2) is 8.33. The van der Waals surface area contributed by atoms with Crippen LogP contribution in [-0.4, -0.2) is 32.0 Å². The molecule has 1 saturated heterocycles. The second-order valence-electron chi connectivity index (χ2n) is 7.08. The zero-order valence-electron chi connectivity index (χ0n) is 15.3. The summed E-state index contributed by atoms with van der Waals surface area (Å²) in [5, 5.41) is 6.90. The molecule has 0 aromatic heterocycles. The summed E-state index contributed by atoms with van der Waals surface area (Å²) in [6, 6.07) is 19.8. The Morgan fingerprint density at radius 3 is 2.35 bits per heavy atom. The van der Waals surface area contributed by atoms with Crippen molar-refractivity contribution in [3.05, 3.63) is 76.9 Å². The monoisotopic (exact) mass is 345 g/mol. The zero-order chi connectivity index (χ0) is 17.6. The van der Waals surface area contributed by atoms with Gasteiger partial charge in [0.05, 0.1) is 0 Å². The van der Waals surface area contributed by atoms with Gasteiger partial charge in [0, 0.05) is 18.7 Å². The molecular weight excluding hydrogens is 318 g/mol. The van der Waals surface area contributed by atoms with E-state index >= 15 is 0 Å². The molecule has 0 radical (unpaired) electrons. The van der Waals surface area contributed by atoms with Gasteiger partial charge in [-0.2, -0.15) is 0 Å². The first-order chi connectivity index (χ1) is 12.9. The quantitative estimate of drug-likeness (QED) is 0.884. The number of amidine groups is 1. The van der Waals surface area contributed by atoms with Gasteiger partial charge in [0.25, 0.3) is 0 Å². The summed E-state index contributed by atoms with van der Waals surface area (Å²) in [7, 11) is 0. The van der Waals surface area contributed by atoms with E-state index in [4.69, 9.17) is 0 Å². The van der Waals surface area contributed by atoms with Crippen LogP contribution in [-0.2, 0) is 6.42 Å². The molecule has 0 bridgehead atoms. The number of nitrogens with one attached hydrogen (secondary N) is 2. The second-order valence-corrected chi connectivity index (χ2v) is 7.08. The number of piperidine rings is 1. The molecule has 2 heterocycles. The fraction of sp³-hybridized carbons (Fsp3) is 0.348. The average Bonchev–Trinajstić information content (AvgIpc) is 2.74. The highest BCUT2D eigenvalue weighted by Crippen LogP contribution is 2.28. The van der Waals surface area contributed by atoms with E-state index in [0.717, 1.165) is 57.7 Å². The number of aliphatic imine (C=N–C) groups is 1. The maximum absolute atomic E-state index is 4.62. The molecule has 1 fully saturated rings. The van der Waals surface area contributed by atoms with Gasteiger partial charge in [0.2, 0.25) is 0 Å². The van der Waals surface area contributed by atoms with Crippen LogP contribution < -0.4 is 10.6 Å². The molecule has 0 saturated carbocycles. The first kappa shape index (κ1) is 17.0. The topological polar surface area (TPSA) is 36.4 Å². The number of allylic oxidation sites excluding steroid dienone is 1. The number of rotatable bonds is 4. The van der Waals surface area contributed by atoms with Gasteiger partial charge < -0.3 is 10.6 Å². The van der Waals surface area contributed by atoms with Crippen LogP contribution in [0, 0.1) is 0 Å². The van der Waals surface area contributed by atoms with Crippen molar-refractivity contribution in [3.8, 4) is 0 Å². The Kier molecular flexibility index (Phi) is 5.46. The molecule has 3 heteroatoms. The van der Waals surface area contributed by atoms with E-state index in [1.165, 1.54) is 22.3 Å². The lowest BCUT2D eigenvalue weighted by atomic mass is 9.89. The zero-order valence-corrected chi connectivity index (χ0v) is 15.3. The van der Waals surface area contributed by atoms with Crippen molar-refractivity contribution in [2.75, 3.05) is 26.2 Å². The van der Waals surface area contributed by atoms with Crippen LogP contribution in [0.1, 0.15) is 36.0 Å². The minimum atomic E-state index is 0.931. The van der Waals surface area contributed by atoms with Crippen LogP contribution in [0.3, 0.4) is 0 Å². The molecule has 2 aliphatic heterocycles. The molecule has 134 valence electrons. The van der Waals surface area contributed by atoms with Crippen LogP contribution in [0.5, 0.6) is 0 Å². The lowest BCUT2D eigenvalue weighted by molar-refractivity contribution is 0.610. The summed E-state index contributed by atoms with van der Waals surface area (Å²) >= 11 is 0. The normalized spacial score (nSPS) is 17.4. The number of benzene rings is 2. The highest BCUT2D eigenvalue weighted by atomic mass is 15.0. The van der Waals surface area contributed by atoms with Gasteiger partial charge in [0.15, 0.2) is 0 Å². The Morgan fingerprint density at radius 2 is 1.65 bits per heavy atom. The van der Waals surface area contributed by atoms with Crippen LogP contribution >= 0.6 is 0 Å². The predicted molar refractivity (Wildman–Crippen MR) is 110 cm³/mol. The van der Waals surface area contributed by atoms with E-state index in [1.54, 1.807) is 5.57 Å². The number of nitrogens with zero attached hydrogens (tertiary/aromatic N) is 1. The Labute approximate surface area is 156 Å². The molecule has 2 aromatic carbocycles. The Morgan fingerprint density at radius 1 is 0.885 bits per heavy atom. The highest BCUT2D eigenvalue weighted by molar-refractivity contribution is 5.99. The number of hydrogen-bond donors (Lipinski definition) is 2. The third-order valence-electron chi connectivity index (χ3n) is 5.26. The van der Waals surface area contributed by atoms with E-state index < -0.39 is 0 Å². The van der Waals surface area contributed by atoms with Crippen molar-refractivity contribution in [1.29, 1.82) is 0 Å². The van der Waals surface area contributed by atoms with Crippen molar-refractivity contribution in [2.45, 2.75) is 25.7 Å². The van der Waals surface area contributed by atoms with Crippen LogP contribution in [0.4, 0.5) is 0 Å². The SMILES string of the molecule is c1ccc(CC(=C2CCNCC2)c2ccc(C3=NCCCN3)cc2)cc1. The largest absolute Gasteiger partial charge is 0.370 e. The van der Waals surface area contributed by atoms with Crippen molar-refractivity contribution < 1.29 is 0 Å².